The van der Waals surface area contributed by atoms with Crippen LogP contribution in [0.25, 0.3) is 0 Å². The van der Waals surface area contributed by atoms with Gasteiger partial charge in [0.25, 0.3) is 5.69 Å². The molecule has 0 aliphatic rings. The van der Waals surface area contributed by atoms with Gasteiger partial charge in [0.1, 0.15) is 17.5 Å². The maximum Gasteiger partial charge on any atom is 0.382 e. The molecule has 2 aromatic carbocycles. The molecule has 0 radical (unpaired) electrons. The zero-order valence-electron chi connectivity index (χ0n) is 17.3. The van der Waals surface area contributed by atoms with Crippen molar-refractivity contribution in [3.05, 3.63) is 64.7 Å². The number of nitro groups is 1. The number of hydrogen-bond acceptors (Lipinski definition) is 7. The van der Waals surface area contributed by atoms with Gasteiger partial charge >= 0.3 is 14.5 Å². The van der Waals surface area contributed by atoms with E-state index in [2.05, 4.69) is 18.9 Å². The summed E-state index contributed by atoms with van der Waals surface area (Å²) in [5.74, 6) is 0.890. The van der Waals surface area contributed by atoms with Gasteiger partial charge in [0, 0.05) is 12.1 Å². The van der Waals surface area contributed by atoms with Crippen LogP contribution in [0, 0.1) is 16.0 Å². The third-order valence-corrected chi connectivity index (χ3v) is 5.79. The molecule has 0 amide bonds. The molecule has 0 aromatic heterocycles. The Labute approximate surface area is 177 Å². The summed E-state index contributed by atoms with van der Waals surface area (Å²) < 4.78 is 17.1. The van der Waals surface area contributed by atoms with Gasteiger partial charge < -0.3 is 13.8 Å². The van der Waals surface area contributed by atoms with Crippen LogP contribution in [0.4, 0.5) is 5.69 Å². The predicted molar refractivity (Wildman–Crippen MR) is 115 cm³/mol. The first-order valence-electron chi connectivity index (χ1n) is 9.81. The standard InChI is InChI=1S/C21H27N2O6P/c1-4-17(5-2)15-27-21(24)16(3)22-30(28-19-9-7-6-8-10-19)29-20-13-11-18(12-14-20)23(25)26/h6-14,16-17,22H,4-5,15H2,1-3H3/t16-,30?/m0/s1. The normalized spacial score (nSPS) is 12.8. The van der Waals surface area contributed by atoms with Gasteiger partial charge in [-0.3, -0.25) is 14.9 Å². The first kappa shape index (κ1) is 23.6. The lowest BCUT2D eigenvalue weighted by Gasteiger charge is -2.22. The molecule has 2 aromatic rings. The smallest absolute Gasteiger partial charge is 0.382 e. The molecule has 1 unspecified atom stereocenters. The number of carbonyl (C=O) groups is 1. The Morgan fingerprint density at radius 1 is 1.03 bits per heavy atom. The van der Waals surface area contributed by atoms with E-state index in [1.165, 1.54) is 24.3 Å². The molecule has 1 N–H and O–H groups in total. The zero-order chi connectivity index (χ0) is 21.9. The van der Waals surface area contributed by atoms with Crippen molar-refractivity contribution in [3.63, 3.8) is 0 Å². The summed E-state index contributed by atoms with van der Waals surface area (Å²) in [6.45, 7) is 6.18. The first-order valence-corrected chi connectivity index (χ1v) is 11.0. The van der Waals surface area contributed by atoms with E-state index in [1.807, 2.05) is 18.2 Å². The van der Waals surface area contributed by atoms with Crippen LogP contribution in [0.15, 0.2) is 54.6 Å². The minimum atomic E-state index is -1.76. The Bertz CT molecular complexity index is 799. The van der Waals surface area contributed by atoms with E-state index in [1.54, 1.807) is 19.1 Å². The van der Waals surface area contributed by atoms with E-state index in [0.29, 0.717) is 24.0 Å². The number of nitrogens with zero attached hydrogens (tertiary/aromatic N) is 1. The molecule has 2 atom stereocenters. The highest BCUT2D eigenvalue weighted by atomic mass is 31.2. The lowest BCUT2D eigenvalue weighted by molar-refractivity contribution is -0.384. The summed E-state index contributed by atoms with van der Waals surface area (Å²) in [6.07, 6.45) is 1.89. The molecule has 0 aliphatic carbocycles. The molecule has 162 valence electrons. The Kier molecular flexibility index (Phi) is 9.51. The number of nitro benzene ring substituents is 1. The minimum absolute atomic E-state index is 0.0398. The third kappa shape index (κ3) is 7.61. The number of nitrogens with one attached hydrogen (secondary N) is 1. The van der Waals surface area contributed by atoms with Crippen LogP contribution < -0.4 is 14.1 Å². The van der Waals surface area contributed by atoms with Gasteiger partial charge in [0.05, 0.1) is 11.5 Å². The molecule has 30 heavy (non-hydrogen) atoms. The van der Waals surface area contributed by atoms with Crippen LogP contribution in [0.3, 0.4) is 0 Å². The van der Waals surface area contributed by atoms with Crippen LogP contribution in [0.2, 0.25) is 0 Å². The highest BCUT2D eigenvalue weighted by Gasteiger charge is 2.24. The number of carbonyl (C=O) groups excluding carboxylic acids is 1. The topological polar surface area (TPSA) is 99.9 Å². The second kappa shape index (κ2) is 12.1. The van der Waals surface area contributed by atoms with Crippen molar-refractivity contribution in [2.45, 2.75) is 39.7 Å². The van der Waals surface area contributed by atoms with E-state index in [0.717, 1.165) is 12.8 Å². The molecule has 0 saturated carbocycles. The molecular weight excluding hydrogens is 407 g/mol. The molecule has 0 heterocycles. The van der Waals surface area contributed by atoms with Gasteiger partial charge in [0.2, 0.25) is 0 Å². The number of benzene rings is 2. The predicted octanol–water partition coefficient (Wildman–Crippen LogP) is 5.24. The largest absolute Gasteiger partial charge is 0.464 e. The lowest BCUT2D eigenvalue weighted by atomic mass is 10.1. The van der Waals surface area contributed by atoms with Crippen LogP contribution >= 0.6 is 8.53 Å². The van der Waals surface area contributed by atoms with Gasteiger partial charge in [-0.2, -0.15) is 0 Å². The Balaban J connectivity index is 2.05. The Morgan fingerprint density at radius 3 is 2.13 bits per heavy atom. The fourth-order valence-corrected chi connectivity index (χ4v) is 3.62. The molecule has 2 rings (SSSR count). The van der Waals surface area contributed by atoms with E-state index < -0.39 is 25.5 Å². The number of esters is 1. The van der Waals surface area contributed by atoms with Crippen LogP contribution in [-0.4, -0.2) is 23.5 Å². The van der Waals surface area contributed by atoms with Gasteiger partial charge in [-0.05, 0) is 37.1 Å². The summed E-state index contributed by atoms with van der Waals surface area (Å²) >= 11 is 0. The maximum atomic E-state index is 12.4. The van der Waals surface area contributed by atoms with Crippen molar-refractivity contribution < 1.29 is 23.5 Å². The van der Waals surface area contributed by atoms with Crippen LogP contribution in [-0.2, 0) is 9.53 Å². The Morgan fingerprint density at radius 2 is 1.60 bits per heavy atom. The van der Waals surface area contributed by atoms with Crippen LogP contribution in [0.5, 0.6) is 11.5 Å². The summed E-state index contributed by atoms with van der Waals surface area (Å²) in [5.41, 5.74) is -0.0398. The number of ether oxygens (including phenoxy) is 1. The lowest BCUT2D eigenvalue weighted by Crippen LogP contribution is -2.34. The molecule has 9 heteroatoms. The molecule has 0 bridgehead atoms. The fraction of sp³-hybridized carbons (Fsp3) is 0.381. The fourth-order valence-electron chi connectivity index (χ4n) is 2.43. The highest BCUT2D eigenvalue weighted by Crippen LogP contribution is 2.37. The summed E-state index contributed by atoms with van der Waals surface area (Å²) in [5, 5.41) is 13.9. The van der Waals surface area contributed by atoms with Gasteiger partial charge in [-0.25, -0.2) is 5.09 Å². The number of hydrogen-bond donors (Lipinski definition) is 1. The molecular formula is C21H27N2O6P. The van der Waals surface area contributed by atoms with E-state index in [9.17, 15) is 14.9 Å². The van der Waals surface area contributed by atoms with E-state index >= 15 is 0 Å². The molecule has 0 spiro atoms. The molecule has 8 nitrogen and oxygen atoms in total. The summed E-state index contributed by atoms with van der Waals surface area (Å²) in [4.78, 5) is 22.7. The summed E-state index contributed by atoms with van der Waals surface area (Å²) in [7, 11) is -1.76. The Hall–Kier alpha value is -2.70. The van der Waals surface area contributed by atoms with Crippen molar-refractivity contribution in [1.82, 2.24) is 5.09 Å². The van der Waals surface area contributed by atoms with Gasteiger partial charge in [0.15, 0.2) is 0 Å². The highest BCUT2D eigenvalue weighted by molar-refractivity contribution is 7.45. The molecule has 0 fully saturated rings. The van der Waals surface area contributed by atoms with Crippen molar-refractivity contribution in [1.29, 1.82) is 0 Å². The quantitative estimate of drug-likeness (QED) is 0.211. The van der Waals surface area contributed by atoms with E-state index in [-0.39, 0.29) is 5.69 Å². The number of para-hydroxylation sites is 1. The average molecular weight is 434 g/mol. The van der Waals surface area contributed by atoms with Crippen molar-refractivity contribution in [2.24, 2.45) is 5.92 Å². The monoisotopic (exact) mass is 434 g/mol. The zero-order valence-corrected chi connectivity index (χ0v) is 18.2. The van der Waals surface area contributed by atoms with Crippen molar-refractivity contribution >= 4 is 20.2 Å². The van der Waals surface area contributed by atoms with Gasteiger partial charge in [-0.1, -0.05) is 44.9 Å². The van der Waals surface area contributed by atoms with Crippen LogP contribution in [0.1, 0.15) is 33.6 Å². The van der Waals surface area contributed by atoms with E-state index in [4.69, 9.17) is 13.8 Å². The first-order chi connectivity index (χ1) is 14.4. The minimum Gasteiger partial charge on any atom is -0.464 e. The summed E-state index contributed by atoms with van der Waals surface area (Å²) in [6, 6.07) is 14.0. The number of rotatable bonds is 12. The SMILES string of the molecule is CCC(CC)COC(=O)[C@H](C)NP(Oc1ccccc1)Oc1ccc([N+](=O)[O-])cc1. The molecule has 0 aliphatic heterocycles. The second-order valence-corrected chi connectivity index (χ2v) is 7.80. The maximum absolute atomic E-state index is 12.4. The number of non-ortho nitro benzene ring substituents is 1. The van der Waals surface area contributed by atoms with Crippen molar-refractivity contribution in [2.75, 3.05) is 6.61 Å². The van der Waals surface area contributed by atoms with Crippen molar-refractivity contribution in [3.8, 4) is 11.5 Å². The second-order valence-electron chi connectivity index (χ2n) is 6.67. The molecule has 0 saturated heterocycles. The van der Waals surface area contributed by atoms with Gasteiger partial charge in [-0.15, -0.1) is 0 Å². The average Bonchev–Trinajstić information content (AvgIpc) is 2.75. The third-order valence-electron chi connectivity index (χ3n) is 4.44.